The van der Waals surface area contributed by atoms with Gasteiger partial charge in [-0.15, -0.1) is 0 Å². The van der Waals surface area contributed by atoms with Crippen molar-refractivity contribution in [1.29, 1.82) is 0 Å². The number of ether oxygens (including phenoxy) is 3. The van der Waals surface area contributed by atoms with Crippen LogP contribution in [0.3, 0.4) is 0 Å². The van der Waals surface area contributed by atoms with Crippen molar-refractivity contribution in [3.05, 3.63) is 82.4 Å². The fourth-order valence-electron chi connectivity index (χ4n) is 7.08. The molecular weight excluding hydrogens is 773 g/mol. The van der Waals surface area contributed by atoms with Crippen molar-refractivity contribution >= 4 is 46.8 Å². The van der Waals surface area contributed by atoms with Gasteiger partial charge in [-0.05, 0) is 51.5 Å². The molecule has 14 nitrogen and oxygen atoms in total. The van der Waals surface area contributed by atoms with E-state index in [1.165, 1.54) is 7.11 Å². The Morgan fingerprint density at radius 1 is 1.00 bits per heavy atom. The van der Waals surface area contributed by atoms with Crippen molar-refractivity contribution in [3.63, 3.8) is 0 Å². The largest absolute Gasteiger partial charge is 0.493 e. The van der Waals surface area contributed by atoms with Crippen LogP contribution >= 0.6 is 23.2 Å². The molecule has 57 heavy (non-hydrogen) atoms. The number of aromatic nitrogens is 4. The highest BCUT2D eigenvalue weighted by atomic mass is 35.5. The second-order valence-electron chi connectivity index (χ2n) is 15.2. The van der Waals surface area contributed by atoms with Gasteiger partial charge in [-0.3, -0.25) is 19.5 Å². The van der Waals surface area contributed by atoms with E-state index >= 15 is 0 Å². The van der Waals surface area contributed by atoms with Crippen LogP contribution in [0.5, 0.6) is 11.6 Å². The maximum Gasteiger partial charge on any atom is 0.410 e. The molecule has 298 valence electrons. The number of carboxylic acids is 1. The number of halogens is 2. The summed E-state index contributed by atoms with van der Waals surface area (Å²) >= 11 is 14.3. The summed E-state index contributed by atoms with van der Waals surface area (Å²) < 4.78 is 19.0. The minimum absolute atomic E-state index is 0.0419. The molecule has 0 saturated carbocycles. The number of methoxy groups -OCH3 is 2. The molecule has 0 bridgehead atoms. The molecule has 2 amide bonds. The lowest BCUT2D eigenvalue weighted by Crippen LogP contribution is -2.49. The molecular formula is C41H43Cl2N7O7. The summed E-state index contributed by atoms with van der Waals surface area (Å²) in [6, 6.07) is 12.7. The molecule has 1 unspecified atom stereocenters. The molecule has 2 N–H and O–H groups in total. The van der Waals surface area contributed by atoms with Gasteiger partial charge in [-0.1, -0.05) is 41.4 Å². The first-order valence-electron chi connectivity index (χ1n) is 18.5. The van der Waals surface area contributed by atoms with Crippen molar-refractivity contribution in [1.82, 2.24) is 34.5 Å². The van der Waals surface area contributed by atoms with Gasteiger partial charge >= 0.3 is 12.1 Å². The zero-order valence-corrected chi connectivity index (χ0v) is 33.7. The van der Waals surface area contributed by atoms with Gasteiger partial charge in [0.25, 0.3) is 0 Å². The Labute approximate surface area is 339 Å². The van der Waals surface area contributed by atoms with E-state index in [4.69, 9.17) is 47.4 Å². The summed E-state index contributed by atoms with van der Waals surface area (Å²) in [5, 5.41) is 13.0. The first kappa shape index (κ1) is 39.8. The maximum atomic E-state index is 13.3. The normalized spacial score (nSPS) is 16.0. The smallest absolute Gasteiger partial charge is 0.410 e. The second-order valence-corrected chi connectivity index (χ2v) is 16.0. The van der Waals surface area contributed by atoms with E-state index in [9.17, 15) is 19.5 Å². The Kier molecular flexibility index (Phi) is 11.3. The number of imidazole rings is 1. The van der Waals surface area contributed by atoms with Gasteiger partial charge in [0, 0.05) is 85.0 Å². The van der Waals surface area contributed by atoms with Crippen LogP contribution < -0.4 is 14.8 Å². The van der Waals surface area contributed by atoms with E-state index in [2.05, 4.69) is 10.3 Å². The van der Waals surface area contributed by atoms with Gasteiger partial charge in [-0.2, -0.15) is 0 Å². The van der Waals surface area contributed by atoms with Crippen LogP contribution in [0.1, 0.15) is 44.9 Å². The Bertz CT molecular complexity index is 2360. The van der Waals surface area contributed by atoms with Gasteiger partial charge in [0.15, 0.2) is 11.4 Å². The van der Waals surface area contributed by atoms with Crippen LogP contribution in [0.2, 0.25) is 10.0 Å². The van der Waals surface area contributed by atoms with Gasteiger partial charge in [0.1, 0.15) is 5.60 Å². The van der Waals surface area contributed by atoms with Crippen LogP contribution in [0.15, 0.2) is 61.1 Å². The highest BCUT2D eigenvalue weighted by Crippen LogP contribution is 2.42. The van der Waals surface area contributed by atoms with Gasteiger partial charge in [-0.25, -0.2) is 14.8 Å². The molecule has 6 heterocycles. The minimum atomic E-state index is -0.785. The molecule has 7 rings (SSSR count). The van der Waals surface area contributed by atoms with Crippen molar-refractivity contribution < 1.29 is 33.7 Å². The Balaban J connectivity index is 1.16. The van der Waals surface area contributed by atoms with E-state index in [1.807, 2.05) is 58.1 Å². The molecule has 5 aromatic rings. The molecule has 0 spiro atoms. The number of benzene rings is 1. The number of nitrogens with one attached hydrogen (secondary N) is 1. The second kappa shape index (κ2) is 16.2. The predicted octanol–water partition coefficient (Wildman–Crippen LogP) is 6.98. The highest BCUT2D eigenvalue weighted by molar-refractivity contribution is 6.39. The predicted molar refractivity (Wildman–Crippen MR) is 214 cm³/mol. The van der Waals surface area contributed by atoms with Crippen molar-refractivity contribution in [2.75, 3.05) is 33.9 Å². The third-order valence-electron chi connectivity index (χ3n) is 9.88. The molecule has 1 aromatic carbocycles. The van der Waals surface area contributed by atoms with Crippen molar-refractivity contribution in [2.24, 2.45) is 5.92 Å². The molecule has 0 aliphatic carbocycles. The summed E-state index contributed by atoms with van der Waals surface area (Å²) in [7, 11) is 3.08. The summed E-state index contributed by atoms with van der Waals surface area (Å²) in [6.07, 6.45) is 5.97. The molecule has 2 aliphatic rings. The van der Waals surface area contributed by atoms with Gasteiger partial charge < -0.3 is 33.9 Å². The molecule has 16 heteroatoms. The average Bonchev–Trinajstić information content (AvgIpc) is 3.76. The molecule has 2 aliphatic heterocycles. The zero-order valence-electron chi connectivity index (χ0n) is 32.2. The van der Waals surface area contributed by atoms with E-state index in [0.29, 0.717) is 99.0 Å². The van der Waals surface area contributed by atoms with E-state index in [-0.39, 0.29) is 31.0 Å². The molecule has 0 radical (unpaired) electrons. The average molecular weight is 817 g/mol. The minimum Gasteiger partial charge on any atom is -0.493 e. The topological polar surface area (TPSA) is 161 Å². The van der Waals surface area contributed by atoms with Crippen LogP contribution in [-0.2, 0) is 27.4 Å². The SMILES string of the molecule is COc1nc(-c2cccc(-c3ccnc(-c4cc(OC)c5nc(CN6CC(C(=O)O)C6)cn5c4)c3Cl)c2Cl)ccc1CN(CC1CCC(=O)N1)C(=O)OC(C)(C)C. The van der Waals surface area contributed by atoms with Gasteiger partial charge in [0.2, 0.25) is 11.8 Å². The number of carboxylic acid groups (broad SMARTS) is 1. The quantitative estimate of drug-likeness (QED) is 0.134. The number of carbonyl (C=O) groups is 3. The number of hydrogen-bond donors (Lipinski definition) is 2. The first-order chi connectivity index (χ1) is 27.2. The number of carbonyl (C=O) groups excluding carboxylic acids is 2. The van der Waals surface area contributed by atoms with Crippen molar-refractivity contribution in [3.8, 4) is 45.3 Å². The molecule has 2 saturated heterocycles. The first-order valence-corrected chi connectivity index (χ1v) is 19.2. The summed E-state index contributed by atoms with van der Waals surface area (Å²) in [5.41, 5.74) is 5.02. The number of likely N-dealkylation sites (tertiary alicyclic amines) is 1. The fraction of sp³-hybridized carbons (Fsp3) is 0.366. The Morgan fingerprint density at radius 2 is 1.75 bits per heavy atom. The molecule has 2 fully saturated rings. The Morgan fingerprint density at radius 3 is 2.44 bits per heavy atom. The summed E-state index contributed by atoms with van der Waals surface area (Å²) in [5.74, 6) is -0.348. The number of amides is 2. The standard InChI is InChI=1S/C41H43Cl2N7O7/c1-41(2,3)57-40(54)50(21-26-10-12-33(51)45-26)18-23-9-11-31(47-38(23)56-5)30-8-6-7-28(34(30)42)29-13-14-44-36(35(29)43)24-15-32(55-4)37-46-27(22-49(37)19-24)20-48-16-25(17-48)39(52)53/h6-9,11,13-15,19,22,25-26H,10,12,16-18,20-21H2,1-5H3,(H,45,51)(H,52,53). The fourth-order valence-corrected chi connectivity index (χ4v) is 7.73. The number of aliphatic carboxylic acids is 1. The van der Waals surface area contributed by atoms with E-state index in [0.717, 1.165) is 5.69 Å². The number of rotatable bonds is 12. The maximum absolute atomic E-state index is 13.3. The molecule has 1 atom stereocenters. The lowest BCUT2D eigenvalue weighted by atomic mass is 10.00. The molecule has 4 aromatic heterocycles. The third-order valence-corrected chi connectivity index (χ3v) is 10.7. The van der Waals surface area contributed by atoms with E-state index in [1.54, 1.807) is 45.0 Å². The van der Waals surface area contributed by atoms with Gasteiger partial charge in [0.05, 0.1) is 53.8 Å². The zero-order chi connectivity index (χ0) is 40.6. The summed E-state index contributed by atoms with van der Waals surface area (Å²) in [4.78, 5) is 54.3. The van der Waals surface area contributed by atoms with Crippen LogP contribution in [0.4, 0.5) is 4.79 Å². The lowest BCUT2D eigenvalue weighted by molar-refractivity contribution is -0.147. The number of fused-ring (bicyclic) bond motifs is 1. The number of nitrogens with zero attached hydrogens (tertiary/aromatic N) is 6. The number of pyridine rings is 3. The van der Waals surface area contributed by atoms with Crippen molar-refractivity contribution in [2.45, 2.75) is 58.3 Å². The number of hydrogen-bond acceptors (Lipinski definition) is 10. The monoisotopic (exact) mass is 815 g/mol. The highest BCUT2D eigenvalue weighted by Gasteiger charge is 2.33. The summed E-state index contributed by atoms with van der Waals surface area (Å²) in [6.45, 7) is 7.31. The lowest BCUT2D eigenvalue weighted by Gasteiger charge is -2.35. The van der Waals surface area contributed by atoms with Crippen LogP contribution in [0, 0.1) is 5.92 Å². The Hall–Kier alpha value is -5.44. The van der Waals surface area contributed by atoms with Crippen LogP contribution in [0.25, 0.3) is 39.3 Å². The van der Waals surface area contributed by atoms with E-state index < -0.39 is 17.7 Å². The third kappa shape index (κ3) is 8.63. The van der Waals surface area contributed by atoms with Crippen LogP contribution in [-0.4, -0.2) is 97.7 Å².